The maximum absolute atomic E-state index is 4.08. The normalized spacial score (nSPS) is 9.62. The minimum atomic E-state index is 0.896. The zero-order chi connectivity index (χ0) is 5.82. The fraction of sp³-hybridized carbons (Fsp3) is 0.400. The van der Waals surface area contributed by atoms with Gasteiger partial charge in [-0.2, -0.15) is 12.6 Å². The average molecular weight is 145 g/mol. The number of nitrogens with zero attached hydrogens (tertiary/aromatic N) is 1. The SMILES string of the molecule is SCCc1nccs1. The Hall–Kier alpha value is -0.0200. The van der Waals surface area contributed by atoms with Crippen molar-refractivity contribution >= 4 is 24.0 Å². The summed E-state index contributed by atoms with van der Waals surface area (Å²) in [5.74, 6) is 0.896. The van der Waals surface area contributed by atoms with Gasteiger partial charge in [0, 0.05) is 18.0 Å². The molecule has 0 spiro atoms. The van der Waals surface area contributed by atoms with Gasteiger partial charge in [-0.15, -0.1) is 11.3 Å². The number of thiol groups is 1. The maximum Gasteiger partial charge on any atom is 0.0932 e. The van der Waals surface area contributed by atoms with Gasteiger partial charge < -0.3 is 0 Å². The lowest BCUT2D eigenvalue weighted by atomic mass is 10.5. The van der Waals surface area contributed by atoms with Crippen LogP contribution in [-0.4, -0.2) is 10.7 Å². The predicted molar refractivity (Wildman–Crippen MR) is 39.7 cm³/mol. The molecule has 1 aromatic rings. The van der Waals surface area contributed by atoms with Crippen LogP contribution in [-0.2, 0) is 6.42 Å². The van der Waals surface area contributed by atoms with Gasteiger partial charge in [0.05, 0.1) is 5.01 Å². The Kier molecular flexibility index (Phi) is 2.36. The molecule has 0 radical (unpaired) electrons. The maximum atomic E-state index is 4.08. The lowest BCUT2D eigenvalue weighted by Gasteiger charge is -1.83. The van der Waals surface area contributed by atoms with E-state index in [1.165, 1.54) is 5.01 Å². The molecule has 0 aliphatic rings. The van der Waals surface area contributed by atoms with Crippen molar-refractivity contribution in [3.63, 3.8) is 0 Å². The van der Waals surface area contributed by atoms with Crippen molar-refractivity contribution in [1.82, 2.24) is 4.98 Å². The van der Waals surface area contributed by atoms with E-state index in [-0.39, 0.29) is 0 Å². The molecule has 1 aromatic heterocycles. The monoisotopic (exact) mass is 145 g/mol. The summed E-state index contributed by atoms with van der Waals surface area (Å²) in [6.45, 7) is 0. The van der Waals surface area contributed by atoms with E-state index in [4.69, 9.17) is 0 Å². The fourth-order valence-corrected chi connectivity index (χ4v) is 1.46. The van der Waals surface area contributed by atoms with Crippen LogP contribution in [0.5, 0.6) is 0 Å². The van der Waals surface area contributed by atoms with Gasteiger partial charge >= 0.3 is 0 Å². The molecular weight excluding hydrogens is 138 g/mol. The van der Waals surface area contributed by atoms with Gasteiger partial charge in [-0.3, -0.25) is 0 Å². The quantitative estimate of drug-likeness (QED) is 0.624. The highest BCUT2D eigenvalue weighted by atomic mass is 32.1. The van der Waals surface area contributed by atoms with E-state index in [0.717, 1.165) is 12.2 Å². The molecule has 0 aliphatic heterocycles. The van der Waals surface area contributed by atoms with E-state index in [1.807, 2.05) is 11.6 Å². The Morgan fingerprint density at radius 2 is 2.62 bits per heavy atom. The first-order valence-electron chi connectivity index (χ1n) is 2.42. The molecule has 0 saturated heterocycles. The molecule has 1 heterocycles. The summed E-state index contributed by atoms with van der Waals surface area (Å²) in [7, 11) is 0. The van der Waals surface area contributed by atoms with E-state index >= 15 is 0 Å². The minimum absolute atomic E-state index is 0.896. The van der Waals surface area contributed by atoms with Crippen molar-refractivity contribution in [3.05, 3.63) is 16.6 Å². The highest BCUT2D eigenvalue weighted by molar-refractivity contribution is 7.80. The molecule has 1 rings (SSSR count). The number of aryl methyl sites for hydroxylation is 1. The van der Waals surface area contributed by atoms with Crippen LogP contribution in [0, 0.1) is 0 Å². The third kappa shape index (κ3) is 1.49. The van der Waals surface area contributed by atoms with Gasteiger partial charge in [-0.25, -0.2) is 4.98 Å². The Morgan fingerprint density at radius 1 is 1.75 bits per heavy atom. The summed E-state index contributed by atoms with van der Waals surface area (Å²) in [4.78, 5) is 4.08. The second-order valence-corrected chi connectivity index (χ2v) is 2.83. The first-order valence-corrected chi connectivity index (χ1v) is 3.94. The fourth-order valence-electron chi connectivity index (χ4n) is 0.472. The Labute approximate surface area is 58.2 Å². The summed E-state index contributed by atoms with van der Waals surface area (Å²) in [5.41, 5.74) is 0. The molecule has 0 unspecified atom stereocenters. The van der Waals surface area contributed by atoms with Gasteiger partial charge in [0.15, 0.2) is 0 Å². The van der Waals surface area contributed by atoms with Crippen molar-refractivity contribution in [1.29, 1.82) is 0 Å². The predicted octanol–water partition coefficient (Wildman–Crippen LogP) is 1.62. The molecular formula is C5H7NS2. The van der Waals surface area contributed by atoms with Gasteiger partial charge in [0.2, 0.25) is 0 Å². The number of rotatable bonds is 2. The largest absolute Gasteiger partial charge is 0.250 e. The van der Waals surface area contributed by atoms with E-state index in [1.54, 1.807) is 11.3 Å². The van der Waals surface area contributed by atoms with Crippen LogP contribution >= 0.6 is 24.0 Å². The molecule has 0 atom stereocenters. The molecule has 44 valence electrons. The lowest BCUT2D eigenvalue weighted by Crippen LogP contribution is -1.81. The van der Waals surface area contributed by atoms with Gasteiger partial charge in [-0.05, 0) is 5.75 Å². The van der Waals surface area contributed by atoms with Crippen LogP contribution in [0.1, 0.15) is 5.01 Å². The Morgan fingerprint density at radius 3 is 3.12 bits per heavy atom. The first-order chi connectivity index (χ1) is 3.93. The van der Waals surface area contributed by atoms with Gasteiger partial charge in [0.25, 0.3) is 0 Å². The van der Waals surface area contributed by atoms with Crippen molar-refractivity contribution in [2.24, 2.45) is 0 Å². The highest BCUT2D eigenvalue weighted by Gasteiger charge is 1.89. The summed E-state index contributed by atoms with van der Waals surface area (Å²) in [6, 6.07) is 0. The molecule has 0 amide bonds. The van der Waals surface area contributed by atoms with Crippen LogP contribution in [0.2, 0.25) is 0 Å². The molecule has 8 heavy (non-hydrogen) atoms. The van der Waals surface area contributed by atoms with Crippen molar-refractivity contribution in [2.45, 2.75) is 6.42 Å². The number of hydrogen-bond donors (Lipinski definition) is 1. The van der Waals surface area contributed by atoms with Crippen LogP contribution in [0.25, 0.3) is 0 Å². The average Bonchev–Trinajstić information content (AvgIpc) is 2.19. The van der Waals surface area contributed by atoms with Gasteiger partial charge in [0.1, 0.15) is 0 Å². The minimum Gasteiger partial charge on any atom is -0.250 e. The number of hydrogen-bond acceptors (Lipinski definition) is 3. The molecule has 0 aromatic carbocycles. The zero-order valence-corrected chi connectivity index (χ0v) is 6.08. The second-order valence-electron chi connectivity index (χ2n) is 1.40. The number of thiazole rings is 1. The Bertz CT molecular complexity index is 136. The summed E-state index contributed by atoms with van der Waals surface area (Å²) in [6.07, 6.45) is 2.82. The highest BCUT2D eigenvalue weighted by Crippen LogP contribution is 2.04. The molecule has 0 bridgehead atoms. The third-order valence-corrected chi connectivity index (χ3v) is 1.87. The van der Waals surface area contributed by atoms with E-state index in [0.29, 0.717) is 0 Å². The van der Waals surface area contributed by atoms with Crippen molar-refractivity contribution in [2.75, 3.05) is 5.75 Å². The molecule has 0 aliphatic carbocycles. The third-order valence-electron chi connectivity index (χ3n) is 0.809. The smallest absolute Gasteiger partial charge is 0.0932 e. The molecule has 0 saturated carbocycles. The Balaban J connectivity index is 2.50. The molecule has 0 N–H and O–H groups in total. The van der Waals surface area contributed by atoms with E-state index in [9.17, 15) is 0 Å². The van der Waals surface area contributed by atoms with Crippen LogP contribution in [0.15, 0.2) is 11.6 Å². The van der Waals surface area contributed by atoms with Crippen LogP contribution in [0.3, 0.4) is 0 Å². The molecule has 0 fully saturated rings. The summed E-state index contributed by atoms with van der Waals surface area (Å²) >= 11 is 5.76. The lowest BCUT2D eigenvalue weighted by molar-refractivity contribution is 1.11. The van der Waals surface area contributed by atoms with Crippen molar-refractivity contribution < 1.29 is 0 Å². The first kappa shape index (κ1) is 6.11. The van der Waals surface area contributed by atoms with Crippen LogP contribution < -0.4 is 0 Å². The summed E-state index contributed by atoms with van der Waals surface area (Å²) < 4.78 is 0. The van der Waals surface area contributed by atoms with Gasteiger partial charge in [-0.1, -0.05) is 0 Å². The van der Waals surface area contributed by atoms with E-state index < -0.39 is 0 Å². The second kappa shape index (κ2) is 3.10. The van der Waals surface area contributed by atoms with E-state index in [2.05, 4.69) is 17.6 Å². The molecule has 1 nitrogen and oxygen atoms in total. The summed E-state index contributed by atoms with van der Waals surface area (Å²) in [5, 5.41) is 3.17. The topological polar surface area (TPSA) is 12.9 Å². The zero-order valence-electron chi connectivity index (χ0n) is 4.37. The number of aromatic nitrogens is 1. The van der Waals surface area contributed by atoms with Crippen LogP contribution in [0.4, 0.5) is 0 Å². The standard InChI is InChI=1S/C5H7NS2/c7-3-1-5-6-2-4-8-5/h2,4,7H,1,3H2. The molecule has 3 heteroatoms. The van der Waals surface area contributed by atoms with Crippen molar-refractivity contribution in [3.8, 4) is 0 Å².